The third kappa shape index (κ3) is 6.39. The van der Waals surface area contributed by atoms with Gasteiger partial charge < -0.3 is 28.8 Å². The van der Waals surface area contributed by atoms with Crippen LogP contribution in [0.3, 0.4) is 0 Å². The van der Waals surface area contributed by atoms with Gasteiger partial charge in [-0.15, -0.1) is 0 Å². The Balaban J connectivity index is 1.53. The van der Waals surface area contributed by atoms with Crippen molar-refractivity contribution in [1.82, 2.24) is 0 Å². The van der Waals surface area contributed by atoms with Gasteiger partial charge in [-0.3, -0.25) is 0 Å². The minimum Gasteiger partial charge on any atom is -0.489 e. The second kappa shape index (κ2) is 12.3. The Hall–Kier alpha value is -3.62. The first-order chi connectivity index (χ1) is 20.1. The average molecular weight is 585 g/mol. The summed E-state index contributed by atoms with van der Waals surface area (Å²) in [6, 6.07) is 30.8. The van der Waals surface area contributed by atoms with Crippen molar-refractivity contribution in [2.45, 2.75) is 70.5 Å². The zero-order valence-electron chi connectivity index (χ0n) is 24.9. The minimum atomic E-state index is -1.93. The summed E-state index contributed by atoms with van der Waals surface area (Å²) in [5.41, 5.74) is 1.85. The lowest BCUT2D eigenvalue weighted by atomic mass is 9.79. The summed E-state index contributed by atoms with van der Waals surface area (Å²) >= 11 is 0. The molecular formula is C35H40O6Si. The summed E-state index contributed by atoms with van der Waals surface area (Å²) in [5.74, 6) is 1.48. The standard InChI is InChI=1S/C35H40O6Si/c1-34(2,3)26-16-19-29(31(20-26)39-23-25-14-10-7-11-15-25)35(37)32(36)28-18-17-27(38-22-24-12-8-6-9-13-24)21-30(28)40-33(35)41-42(4)5/h6-21,32-33,36-37,42H,22-23H2,1-5H3. The highest BCUT2D eigenvalue weighted by Crippen LogP contribution is 2.51. The van der Waals surface area contributed by atoms with E-state index in [9.17, 15) is 10.2 Å². The first-order valence-electron chi connectivity index (χ1n) is 14.4. The molecule has 0 bridgehead atoms. The number of benzene rings is 4. The highest BCUT2D eigenvalue weighted by atomic mass is 28.3. The molecule has 3 atom stereocenters. The molecule has 4 aromatic rings. The Morgan fingerprint density at radius 3 is 2.02 bits per heavy atom. The van der Waals surface area contributed by atoms with Crippen LogP contribution in [-0.4, -0.2) is 25.5 Å². The van der Waals surface area contributed by atoms with Crippen LogP contribution in [-0.2, 0) is 28.7 Å². The van der Waals surface area contributed by atoms with Gasteiger partial charge in [-0.05, 0) is 53.4 Å². The maximum Gasteiger partial charge on any atom is 0.227 e. The summed E-state index contributed by atoms with van der Waals surface area (Å²) < 4.78 is 25.0. The molecule has 0 aliphatic carbocycles. The van der Waals surface area contributed by atoms with Gasteiger partial charge in [0.05, 0.1) is 0 Å². The number of ether oxygens (including phenoxy) is 3. The van der Waals surface area contributed by atoms with E-state index in [2.05, 4.69) is 20.8 Å². The molecule has 6 nitrogen and oxygen atoms in total. The molecule has 1 heterocycles. The summed E-state index contributed by atoms with van der Waals surface area (Å²) in [6.07, 6.45) is -2.50. The fourth-order valence-corrected chi connectivity index (χ4v) is 5.83. The van der Waals surface area contributed by atoms with Crippen LogP contribution in [0, 0.1) is 0 Å². The van der Waals surface area contributed by atoms with E-state index in [4.69, 9.17) is 18.6 Å². The monoisotopic (exact) mass is 584 g/mol. The van der Waals surface area contributed by atoms with Gasteiger partial charge in [-0.25, -0.2) is 0 Å². The number of hydrogen-bond donors (Lipinski definition) is 2. The van der Waals surface area contributed by atoms with Gasteiger partial charge in [0, 0.05) is 17.2 Å². The van der Waals surface area contributed by atoms with E-state index >= 15 is 0 Å². The molecule has 0 aromatic heterocycles. The number of fused-ring (bicyclic) bond motifs is 1. The summed E-state index contributed by atoms with van der Waals surface area (Å²) in [7, 11) is -1.74. The molecule has 2 N–H and O–H groups in total. The normalized spacial score (nSPS) is 20.1. The maximum atomic E-state index is 12.5. The molecule has 42 heavy (non-hydrogen) atoms. The van der Waals surface area contributed by atoms with Crippen molar-refractivity contribution in [2.24, 2.45) is 0 Å². The Bertz CT molecular complexity index is 1480. The number of aliphatic hydroxyl groups excluding tert-OH is 1. The van der Waals surface area contributed by atoms with Crippen LogP contribution in [0.15, 0.2) is 97.1 Å². The molecule has 0 fully saturated rings. The fraction of sp³-hybridized carbons (Fsp3) is 0.314. The largest absolute Gasteiger partial charge is 0.489 e. The van der Waals surface area contributed by atoms with E-state index < -0.39 is 27.0 Å². The van der Waals surface area contributed by atoms with Crippen molar-refractivity contribution in [3.8, 4) is 17.2 Å². The molecule has 3 unspecified atom stereocenters. The van der Waals surface area contributed by atoms with E-state index in [1.165, 1.54) is 0 Å². The Labute approximate surface area is 250 Å². The number of rotatable bonds is 9. The molecule has 7 heteroatoms. The van der Waals surface area contributed by atoms with Crippen molar-refractivity contribution in [2.75, 3.05) is 0 Å². The van der Waals surface area contributed by atoms with Gasteiger partial charge in [0.15, 0.2) is 14.6 Å². The molecule has 1 aliphatic rings. The lowest BCUT2D eigenvalue weighted by Crippen LogP contribution is -2.53. The van der Waals surface area contributed by atoms with Crippen LogP contribution in [0.2, 0.25) is 13.1 Å². The number of aliphatic hydroxyl groups is 2. The molecule has 5 rings (SSSR count). The van der Waals surface area contributed by atoms with Crippen LogP contribution >= 0.6 is 0 Å². The zero-order valence-corrected chi connectivity index (χ0v) is 26.1. The molecule has 0 saturated heterocycles. The molecule has 0 amide bonds. The van der Waals surface area contributed by atoms with Gasteiger partial charge in [-0.1, -0.05) is 93.6 Å². The quantitative estimate of drug-likeness (QED) is 0.211. The molecule has 220 valence electrons. The average Bonchev–Trinajstić information content (AvgIpc) is 2.98. The molecule has 0 radical (unpaired) electrons. The topological polar surface area (TPSA) is 77.4 Å². The van der Waals surface area contributed by atoms with Crippen molar-refractivity contribution in [3.63, 3.8) is 0 Å². The lowest BCUT2D eigenvalue weighted by molar-refractivity contribution is -0.225. The highest BCUT2D eigenvalue weighted by Gasteiger charge is 2.54. The molecule has 0 spiro atoms. The summed E-state index contributed by atoms with van der Waals surface area (Å²) in [6.45, 7) is 11.1. The molecule has 4 aromatic carbocycles. The lowest BCUT2D eigenvalue weighted by Gasteiger charge is -2.45. The van der Waals surface area contributed by atoms with E-state index in [-0.39, 0.29) is 5.41 Å². The van der Waals surface area contributed by atoms with E-state index in [1.54, 1.807) is 18.2 Å². The van der Waals surface area contributed by atoms with Crippen molar-refractivity contribution in [1.29, 1.82) is 0 Å². The van der Waals surface area contributed by atoms with Crippen molar-refractivity contribution in [3.05, 3.63) is 125 Å². The van der Waals surface area contributed by atoms with Crippen LogP contribution in [0.1, 0.15) is 54.7 Å². The maximum absolute atomic E-state index is 12.5. The predicted molar refractivity (Wildman–Crippen MR) is 166 cm³/mol. The first-order valence-corrected chi connectivity index (χ1v) is 17.2. The molecular weight excluding hydrogens is 544 g/mol. The van der Waals surface area contributed by atoms with Gasteiger partial charge in [-0.2, -0.15) is 0 Å². The second-order valence-electron chi connectivity index (χ2n) is 12.1. The first kappa shape index (κ1) is 29.9. The predicted octanol–water partition coefficient (Wildman–Crippen LogP) is 6.78. The van der Waals surface area contributed by atoms with Crippen LogP contribution in [0.25, 0.3) is 0 Å². The number of hydrogen-bond acceptors (Lipinski definition) is 6. The van der Waals surface area contributed by atoms with Gasteiger partial charge >= 0.3 is 0 Å². The molecule has 0 saturated carbocycles. The SMILES string of the molecule is C[SiH](C)OC1Oc2cc(OCc3ccccc3)ccc2C(O)C1(O)c1ccc(C(C)(C)C)cc1OCc1ccccc1. The van der Waals surface area contributed by atoms with Crippen molar-refractivity contribution >= 4 is 9.04 Å². The third-order valence-corrected chi connectivity index (χ3v) is 8.24. The van der Waals surface area contributed by atoms with Crippen LogP contribution in [0.5, 0.6) is 17.2 Å². The van der Waals surface area contributed by atoms with Gasteiger partial charge in [0.25, 0.3) is 0 Å². The summed E-state index contributed by atoms with van der Waals surface area (Å²) in [5, 5.41) is 24.3. The minimum absolute atomic E-state index is 0.156. The Morgan fingerprint density at radius 1 is 0.810 bits per heavy atom. The van der Waals surface area contributed by atoms with E-state index in [0.717, 1.165) is 16.7 Å². The smallest absolute Gasteiger partial charge is 0.227 e. The van der Waals surface area contributed by atoms with E-state index in [0.29, 0.717) is 41.6 Å². The van der Waals surface area contributed by atoms with Crippen LogP contribution < -0.4 is 14.2 Å². The Kier molecular flexibility index (Phi) is 8.75. The third-order valence-electron chi connectivity index (χ3n) is 7.45. The van der Waals surface area contributed by atoms with Gasteiger partial charge in [0.1, 0.15) is 36.6 Å². The van der Waals surface area contributed by atoms with Crippen LogP contribution in [0.4, 0.5) is 0 Å². The zero-order chi connectivity index (χ0) is 29.9. The van der Waals surface area contributed by atoms with Crippen molar-refractivity contribution < 1.29 is 28.8 Å². The van der Waals surface area contributed by atoms with E-state index in [1.807, 2.05) is 92.0 Å². The second-order valence-corrected chi connectivity index (χ2v) is 14.4. The Morgan fingerprint density at radius 2 is 1.43 bits per heavy atom. The summed E-state index contributed by atoms with van der Waals surface area (Å²) in [4.78, 5) is 0. The highest BCUT2D eigenvalue weighted by molar-refractivity contribution is 6.48. The fourth-order valence-electron chi connectivity index (χ4n) is 5.07. The molecule has 1 aliphatic heterocycles. The van der Waals surface area contributed by atoms with Gasteiger partial charge in [0.2, 0.25) is 6.29 Å².